The van der Waals surface area contributed by atoms with Crippen LogP contribution in [0.4, 0.5) is 0 Å². The summed E-state index contributed by atoms with van der Waals surface area (Å²) in [6.07, 6.45) is 0. The summed E-state index contributed by atoms with van der Waals surface area (Å²) in [6.45, 7) is 0.0120. The predicted octanol–water partition coefficient (Wildman–Crippen LogP) is 0.565. The average Bonchev–Trinajstić information content (AvgIpc) is 2.35. The molecule has 0 fully saturated rings. The lowest BCUT2D eigenvalue weighted by molar-refractivity contribution is 0.0361. The minimum atomic E-state index is -2.50. The van der Waals surface area contributed by atoms with Crippen LogP contribution in [0.1, 0.15) is 5.56 Å². The first-order valence-corrected chi connectivity index (χ1v) is 7.42. The van der Waals surface area contributed by atoms with Crippen LogP contribution >= 0.6 is 17.2 Å². The quantitative estimate of drug-likeness (QED) is 0.349. The van der Waals surface area contributed by atoms with Crippen LogP contribution in [-0.2, 0) is 15.6 Å². The van der Waals surface area contributed by atoms with Crippen LogP contribution in [0.25, 0.3) is 0 Å². The maximum absolute atomic E-state index is 9.15. The van der Waals surface area contributed by atoms with Gasteiger partial charge >= 0.3 is 17.2 Å². The Hall–Kier alpha value is -0.400. The highest BCUT2D eigenvalue weighted by atomic mass is 31.2. The second-order valence-electron chi connectivity index (χ2n) is 3.52. The lowest BCUT2D eigenvalue weighted by atomic mass is 10.2. The maximum Gasteiger partial charge on any atom is 0.328 e. The summed E-state index contributed by atoms with van der Waals surface area (Å²) >= 11 is 0. The summed E-state index contributed by atoms with van der Waals surface area (Å²) in [5.41, 5.74) is 0.811. The smallest absolute Gasteiger partial charge is 0.328 e. The molecule has 0 aliphatic heterocycles. The summed E-state index contributed by atoms with van der Waals surface area (Å²) in [7, 11) is -4.99. The van der Waals surface area contributed by atoms with Crippen LogP contribution in [0.3, 0.4) is 0 Å². The molecule has 0 spiro atoms. The first kappa shape index (κ1) is 16.7. The molecule has 0 saturated carbocycles. The van der Waals surface area contributed by atoms with E-state index in [0.717, 1.165) is 5.56 Å². The topological polar surface area (TPSA) is 123 Å². The van der Waals surface area contributed by atoms with Crippen molar-refractivity contribution in [3.8, 4) is 5.75 Å². The number of hydrogen-bond donors (Lipinski definition) is 5. The van der Waals surface area contributed by atoms with Crippen LogP contribution in [0.5, 0.6) is 5.75 Å². The molecular formula is C9H15NO7P2. The highest BCUT2D eigenvalue weighted by molar-refractivity contribution is 7.39. The molecule has 8 nitrogen and oxygen atoms in total. The maximum atomic E-state index is 9.15. The van der Waals surface area contributed by atoms with Gasteiger partial charge in [-0.25, -0.2) is 0 Å². The number of hydrogen-bond acceptors (Lipinski definition) is 8. The van der Waals surface area contributed by atoms with Gasteiger partial charge in [-0.3, -0.25) is 13.9 Å². The van der Waals surface area contributed by atoms with Crippen molar-refractivity contribution in [1.82, 2.24) is 4.90 Å². The molecule has 0 aliphatic carbocycles. The van der Waals surface area contributed by atoms with E-state index in [9.17, 15) is 0 Å². The molecule has 0 atom stereocenters. The van der Waals surface area contributed by atoms with Crippen molar-refractivity contribution < 1.29 is 33.7 Å². The van der Waals surface area contributed by atoms with E-state index in [4.69, 9.17) is 24.7 Å². The van der Waals surface area contributed by atoms with Crippen molar-refractivity contribution in [3.63, 3.8) is 0 Å². The Kier molecular flexibility index (Phi) is 7.63. The van der Waals surface area contributed by atoms with Gasteiger partial charge in [-0.1, -0.05) is 12.1 Å². The van der Waals surface area contributed by atoms with Gasteiger partial charge in [-0.15, -0.1) is 0 Å². The molecule has 19 heavy (non-hydrogen) atoms. The van der Waals surface area contributed by atoms with Crippen molar-refractivity contribution in [2.75, 3.05) is 13.5 Å². The lowest BCUT2D eigenvalue weighted by Crippen LogP contribution is -2.27. The Morgan fingerprint density at radius 2 is 1.37 bits per heavy atom. The molecule has 0 aliphatic rings. The zero-order valence-electron chi connectivity index (χ0n) is 9.82. The first-order valence-electron chi connectivity index (χ1n) is 5.09. The highest BCUT2D eigenvalue weighted by Crippen LogP contribution is 2.27. The van der Waals surface area contributed by atoms with Gasteiger partial charge in [0.15, 0.2) is 0 Å². The van der Waals surface area contributed by atoms with Crippen LogP contribution in [0.15, 0.2) is 24.3 Å². The number of aromatic hydroxyl groups is 1. The van der Waals surface area contributed by atoms with E-state index in [1.807, 2.05) is 0 Å². The lowest BCUT2D eigenvalue weighted by Gasteiger charge is -2.22. The number of benzene rings is 1. The van der Waals surface area contributed by atoms with Crippen molar-refractivity contribution >= 4 is 17.2 Å². The van der Waals surface area contributed by atoms with Gasteiger partial charge in [-0.05, 0) is 17.7 Å². The standard InChI is InChI=1S/C9H15NO7P2/c11-9-3-1-8(2-4-9)5-10(6-16-18(12)13)7-17-19(14)15/h1-4,11-15H,5-7H2. The molecule has 0 saturated heterocycles. The van der Waals surface area contributed by atoms with Gasteiger partial charge in [0.05, 0.1) is 0 Å². The summed E-state index contributed by atoms with van der Waals surface area (Å²) < 4.78 is 9.30. The van der Waals surface area contributed by atoms with Crippen molar-refractivity contribution in [3.05, 3.63) is 29.8 Å². The van der Waals surface area contributed by atoms with Gasteiger partial charge in [-0.2, -0.15) is 0 Å². The zero-order chi connectivity index (χ0) is 14.3. The van der Waals surface area contributed by atoms with Gasteiger partial charge in [0, 0.05) is 6.54 Å². The molecule has 108 valence electrons. The molecule has 0 aromatic heterocycles. The van der Waals surface area contributed by atoms with Gasteiger partial charge in [0.25, 0.3) is 0 Å². The molecule has 0 radical (unpaired) electrons. The van der Waals surface area contributed by atoms with E-state index in [2.05, 4.69) is 9.05 Å². The molecule has 5 N–H and O–H groups in total. The molecule has 1 aromatic rings. The van der Waals surface area contributed by atoms with Crippen molar-refractivity contribution in [2.24, 2.45) is 0 Å². The number of nitrogens with zero attached hydrogens (tertiary/aromatic N) is 1. The van der Waals surface area contributed by atoms with Gasteiger partial charge in [0.2, 0.25) is 0 Å². The highest BCUT2D eigenvalue weighted by Gasteiger charge is 2.11. The predicted molar refractivity (Wildman–Crippen MR) is 68.3 cm³/mol. The molecule has 0 unspecified atom stereocenters. The molecule has 1 rings (SSSR count). The SMILES string of the molecule is Oc1ccc(CN(COP(O)O)COP(O)O)cc1. The van der Waals surface area contributed by atoms with E-state index in [-0.39, 0.29) is 19.2 Å². The summed E-state index contributed by atoms with van der Waals surface area (Å²) in [5, 5.41) is 9.15. The summed E-state index contributed by atoms with van der Waals surface area (Å²) in [5.74, 6) is 0.131. The third kappa shape index (κ3) is 7.69. The third-order valence-electron chi connectivity index (χ3n) is 2.05. The molecule has 0 amide bonds. The number of phenolic OH excluding ortho intramolecular Hbond substituents is 1. The fourth-order valence-corrected chi connectivity index (χ4v) is 1.79. The fourth-order valence-electron chi connectivity index (χ4n) is 1.25. The third-order valence-corrected chi connectivity index (χ3v) is 2.75. The minimum Gasteiger partial charge on any atom is -0.508 e. The molecule has 0 bridgehead atoms. The Labute approximate surface area is 112 Å². The molecule has 0 heterocycles. The average molecular weight is 311 g/mol. The van der Waals surface area contributed by atoms with Crippen LogP contribution in [0.2, 0.25) is 0 Å². The Bertz CT molecular complexity index is 350. The van der Waals surface area contributed by atoms with Gasteiger partial charge < -0.3 is 24.7 Å². The van der Waals surface area contributed by atoms with E-state index in [1.54, 1.807) is 12.1 Å². The zero-order valence-corrected chi connectivity index (χ0v) is 11.6. The largest absolute Gasteiger partial charge is 0.508 e. The van der Waals surface area contributed by atoms with Crippen LogP contribution in [-0.4, -0.2) is 43.0 Å². The fraction of sp³-hybridized carbons (Fsp3) is 0.333. The second-order valence-corrected chi connectivity index (χ2v) is 5.04. The molecule has 10 heteroatoms. The van der Waals surface area contributed by atoms with Gasteiger partial charge in [0.1, 0.15) is 19.2 Å². The Balaban J connectivity index is 2.53. The van der Waals surface area contributed by atoms with Crippen molar-refractivity contribution in [2.45, 2.75) is 6.54 Å². The summed E-state index contributed by atoms with van der Waals surface area (Å²) in [4.78, 5) is 36.2. The summed E-state index contributed by atoms with van der Waals surface area (Å²) in [6, 6.07) is 6.35. The molecular weight excluding hydrogens is 296 g/mol. The van der Waals surface area contributed by atoms with E-state index in [1.165, 1.54) is 17.0 Å². The Morgan fingerprint density at radius 3 is 1.79 bits per heavy atom. The Morgan fingerprint density at radius 1 is 0.895 bits per heavy atom. The normalized spacial score (nSPS) is 11.7. The number of phenols is 1. The van der Waals surface area contributed by atoms with E-state index < -0.39 is 17.2 Å². The van der Waals surface area contributed by atoms with Crippen LogP contribution in [0, 0.1) is 0 Å². The van der Waals surface area contributed by atoms with Crippen molar-refractivity contribution in [1.29, 1.82) is 0 Å². The van der Waals surface area contributed by atoms with E-state index in [0.29, 0.717) is 6.54 Å². The second kappa shape index (κ2) is 8.71. The minimum absolute atomic E-state index is 0.131. The monoisotopic (exact) mass is 311 g/mol. The first-order chi connectivity index (χ1) is 8.97. The number of rotatable bonds is 8. The van der Waals surface area contributed by atoms with E-state index >= 15 is 0 Å². The van der Waals surface area contributed by atoms with Crippen LogP contribution < -0.4 is 0 Å². The molecule has 1 aromatic carbocycles.